The van der Waals surface area contributed by atoms with Gasteiger partial charge >= 0.3 is 0 Å². The molecule has 0 radical (unpaired) electrons. The maximum atomic E-state index is 11.0. The molecule has 0 bridgehead atoms. The topological polar surface area (TPSA) is 159 Å². The molecule has 0 saturated heterocycles. The Bertz CT molecular complexity index is 738. The van der Waals surface area contributed by atoms with Crippen LogP contribution in [-0.4, -0.2) is 61.4 Å². The van der Waals surface area contributed by atoms with Gasteiger partial charge in [0.05, 0.1) is 36.3 Å². The predicted octanol–water partition coefficient (Wildman–Crippen LogP) is -1.05. The van der Waals surface area contributed by atoms with E-state index in [0.717, 1.165) is 23.5 Å². The average molecular weight is 372 g/mol. The van der Waals surface area contributed by atoms with Gasteiger partial charge in [0.1, 0.15) is 11.8 Å². The van der Waals surface area contributed by atoms with Crippen molar-refractivity contribution in [3.8, 4) is 0 Å². The van der Waals surface area contributed by atoms with Crippen molar-refractivity contribution in [3.63, 3.8) is 0 Å². The van der Waals surface area contributed by atoms with Crippen molar-refractivity contribution >= 4 is 46.4 Å². The van der Waals surface area contributed by atoms with Gasteiger partial charge in [0.15, 0.2) is 10.8 Å². The molecule has 2 amide bonds. The van der Waals surface area contributed by atoms with Crippen LogP contribution in [-0.2, 0) is 21.1 Å². The van der Waals surface area contributed by atoms with E-state index in [1.54, 1.807) is 6.20 Å². The number of hydrogen-bond donors (Lipinski definition) is 3. The first-order chi connectivity index (χ1) is 11.5. The van der Waals surface area contributed by atoms with Crippen molar-refractivity contribution in [2.45, 2.75) is 16.9 Å². The van der Waals surface area contributed by atoms with Crippen molar-refractivity contribution in [1.82, 2.24) is 19.7 Å². The molecule has 2 aromatic heterocycles. The van der Waals surface area contributed by atoms with Gasteiger partial charge in [0.25, 0.3) is 0 Å². The number of primary amides is 2. The first-order valence-electron chi connectivity index (χ1n) is 6.75. The van der Waals surface area contributed by atoms with Gasteiger partial charge in [-0.05, 0) is 0 Å². The standard InChI is InChI=1S/C12H16N6O4S2/c13-8(20)4-23-11-7-3-15-18(6-22-2-1-19)10(7)16-12(17-11)24-5-9(14)21/h3,19H,1-2,4-6H2,(H2,13,20)(H2,14,21). The molecule has 0 unspecified atom stereocenters. The van der Waals surface area contributed by atoms with Crippen LogP contribution in [0.4, 0.5) is 0 Å². The molecule has 24 heavy (non-hydrogen) atoms. The molecule has 2 aromatic rings. The molecule has 5 N–H and O–H groups in total. The van der Waals surface area contributed by atoms with Gasteiger partial charge in [0, 0.05) is 0 Å². The van der Waals surface area contributed by atoms with E-state index in [1.165, 1.54) is 4.68 Å². The number of rotatable bonds is 10. The number of hydrogen-bond acceptors (Lipinski definition) is 9. The number of nitrogens with two attached hydrogens (primary N) is 2. The third kappa shape index (κ3) is 5.06. The third-order valence-corrected chi connectivity index (χ3v) is 4.47. The second-order valence-electron chi connectivity index (χ2n) is 4.46. The van der Waals surface area contributed by atoms with Crippen LogP contribution < -0.4 is 11.5 Å². The number of carbonyl (C=O) groups is 2. The number of carbonyl (C=O) groups excluding carboxylic acids is 2. The van der Waals surface area contributed by atoms with Crippen molar-refractivity contribution in [1.29, 1.82) is 0 Å². The average Bonchev–Trinajstić information content (AvgIpc) is 2.94. The van der Waals surface area contributed by atoms with Gasteiger partial charge in [0.2, 0.25) is 11.8 Å². The molecule has 10 nitrogen and oxygen atoms in total. The quantitative estimate of drug-likeness (QED) is 0.204. The van der Waals surface area contributed by atoms with Crippen LogP contribution >= 0.6 is 23.5 Å². The van der Waals surface area contributed by atoms with E-state index in [4.69, 9.17) is 21.3 Å². The lowest BCUT2D eigenvalue weighted by Gasteiger charge is -2.07. The van der Waals surface area contributed by atoms with E-state index in [9.17, 15) is 9.59 Å². The van der Waals surface area contributed by atoms with Gasteiger partial charge < -0.3 is 21.3 Å². The number of amides is 2. The van der Waals surface area contributed by atoms with Crippen molar-refractivity contribution in [3.05, 3.63) is 6.20 Å². The summed E-state index contributed by atoms with van der Waals surface area (Å²) >= 11 is 2.24. The zero-order valence-electron chi connectivity index (χ0n) is 12.5. The smallest absolute Gasteiger partial charge is 0.227 e. The lowest BCUT2D eigenvalue weighted by molar-refractivity contribution is -0.116. The fraction of sp³-hybridized carbons (Fsp3) is 0.417. The van der Waals surface area contributed by atoms with Crippen molar-refractivity contribution in [2.24, 2.45) is 11.5 Å². The Morgan fingerprint density at radius 1 is 1.21 bits per heavy atom. The summed E-state index contributed by atoms with van der Waals surface area (Å²) in [6.07, 6.45) is 1.56. The number of aliphatic hydroxyl groups is 1. The first kappa shape index (κ1) is 18.4. The molecular formula is C12H16N6O4S2. The molecule has 130 valence electrons. The van der Waals surface area contributed by atoms with E-state index < -0.39 is 11.8 Å². The van der Waals surface area contributed by atoms with Gasteiger partial charge in [-0.3, -0.25) is 9.59 Å². The fourth-order valence-electron chi connectivity index (χ4n) is 1.67. The van der Waals surface area contributed by atoms with E-state index in [0.29, 0.717) is 21.2 Å². The summed E-state index contributed by atoms with van der Waals surface area (Å²) in [7, 11) is 0. The minimum absolute atomic E-state index is 0.0284. The summed E-state index contributed by atoms with van der Waals surface area (Å²) in [6.45, 7) is 0.160. The lowest BCUT2D eigenvalue weighted by Crippen LogP contribution is -2.14. The van der Waals surface area contributed by atoms with Crippen LogP contribution in [0.25, 0.3) is 11.0 Å². The zero-order chi connectivity index (χ0) is 17.5. The number of aromatic nitrogens is 4. The lowest BCUT2D eigenvalue weighted by atomic mass is 10.4. The number of aliphatic hydroxyl groups excluding tert-OH is 1. The van der Waals surface area contributed by atoms with Gasteiger partial charge in [-0.15, -0.1) is 0 Å². The van der Waals surface area contributed by atoms with Gasteiger partial charge in [-0.2, -0.15) is 5.10 Å². The van der Waals surface area contributed by atoms with Crippen molar-refractivity contribution in [2.75, 3.05) is 24.7 Å². The van der Waals surface area contributed by atoms with Gasteiger partial charge in [-0.1, -0.05) is 23.5 Å². The summed E-state index contributed by atoms with van der Waals surface area (Å²) in [5.74, 6) is -0.884. The molecule has 0 aliphatic carbocycles. The second-order valence-corrected chi connectivity index (χ2v) is 6.37. The first-order valence-corrected chi connectivity index (χ1v) is 8.72. The monoisotopic (exact) mass is 372 g/mol. The van der Waals surface area contributed by atoms with Crippen LogP contribution in [0.1, 0.15) is 0 Å². The normalized spacial score (nSPS) is 11.0. The maximum Gasteiger partial charge on any atom is 0.227 e. The molecule has 0 atom stereocenters. The molecule has 0 spiro atoms. The van der Waals surface area contributed by atoms with E-state index in [-0.39, 0.29) is 31.5 Å². The largest absolute Gasteiger partial charge is 0.394 e. The summed E-state index contributed by atoms with van der Waals surface area (Å²) in [4.78, 5) is 30.6. The molecule has 0 aromatic carbocycles. The Morgan fingerprint density at radius 3 is 2.58 bits per heavy atom. The molecule has 2 heterocycles. The molecule has 0 aliphatic heterocycles. The molecule has 0 saturated carbocycles. The summed E-state index contributed by atoms with van der Waals surface area (Å²) in [6, 6.07) is 0. The second kappa shape index (κ2) is 8.82. The highest BCUT2D eigenvalue weighted by molar-refractivity contribution is 8.00. The molecule has 0 aliphatic rings. The van der Waals surface area contributed by atoms with Crippen LogP contribution in [0, 0.1) is 0 Å². The molecular weight excluding hydrogens is 356 g/mol. The molecule has 12 heteroatoms. The Kier molecular flexibility index (Phi) is 6.78. The Hall–Kier alpha value is -1.89. The van der Waals surface area contributed by atoms with Crippen LogP contribution in [0.2, 0.25) is 0 Å². The number of ether oxygens (including phenoxy) is 1. The minimum Gasteiger partial charge on any atom is -0.394 e. The minimum atomic E-state index is -0.491. The fourth-order valence-corrected chi connectivity index (χ4v) is 3.04. The van der Waals surface area contributed by atoms with E-state index in [2.05, 4.69) is 15.1 Å². The van der Waals surface area contributed by atoms with Gasteiger partial charge in [-0.25, -0.2) is 14.6 Å². The maximum absolute atomic E-state index is 11.0. The number of fused-ring (bicyclic) bond motifs is 1. The number of thioether (sulfide) groups is 2. The highest BCUT2D eigenvalue weighted by Gasteiger charge is 2.15. The predicted molar refractivity (Wildman–Crippen MR) is 88.2 cm³/mol. The van der Waals surface area contributed by atoms with E-state index in [1.807, 2.05) is 0 Å². The van der Waals surface area contributed by atoms with E-state index >= 15 is 0 Å². The van der Waals surface area contributed by atoms with Crippen LogP contribution in [0.5, 0.6) is 0 Å². The Morgan fingerprint density at radius 2 is 1.92 bits per heavy atom. The van der Waals surface area contributed by atoms with Crippen LogP contribution in [0.3, 0.4) is 0 Å². The summed E-state index contributed by atoms with van der Waals surface area (Å²) < 4.78 is 6.74. The highest BCUT2D eigenvalue weighted by atomic mass is 32.2. The van der Waals surface area contributed by atoms with Crippen molar-refractivity contribution < 1.29 is 19.4 Å². The summed E-state index contributed by atoms with van der Waals surface area (Å²) in [5, 5.41) is 14.4. The Balaban J connectivity index is 2.33. The molecule has 2 rings (SSSR count). The zero-order valence-corrected chi connectivity index (χ0v) is 14.2. The molecule has 0 fully saturated rings. The Labute approximate surface area is 145 Å². The number of nitrogens with zero attached hydrogens (tertiary/aromatic N) is 4. The SMILES string of the molecule is NC(=O)CSc1nc(SCC(N)=O)c2cnn(COCCO)c2n1. The third-order valence-electron chi connectivity index (χ3n) is 2.58. The highest BCUT2D eigenvalue weighted by Crippen LogP contribution is 2.27. The summed E-state index contributed by atoms with van der Waals surface area (Å²) in [5.41, 5.74) is 10.8. The van der Waals surface area contributed by atoms with Crippen LogP contribution in [0.15, 0.2) is 16.4 Å².